The molecule has 0 saturated carbocycles. The van der Waals surface area contributed by atoms with Crippen molar-refractivity contribution in [2.75, 3.05) is 17.2 Å². The predicted molar refractivity (Wildman–Crippen MR) is 108 cm³/mol. The van der Waals surface area contributed by atoms with Gasteiger partial charge in [-0.1, -0.05) is 30.3 Å². The summed E-state index contributed by atoms with van der Waals surface area (Å²) in [5.74, 6) is 1.32. The Labute approximate surface area is 163 Å². The van der Waals surface area contributed by atoms with Gasteiger partial charge in [-0.3, -0.25) is 9.59 Å². The molecule has 0 aromatic heterocycles. The lowest BCUT2D eigenvalue weighted by Crippen LogP contribution is -2.20. The van der Waals surface area contributed by atoms with Gasteiger partial charge in [-0.15, -0.1) is 0 Å². The van der Waals surface area contributed by atoms with Gasteiger partial charge in [-0.05, 0) is 48.5 Å². The molecule has 6 nitrogen and oxygen atoms in total. The minimum atomic E-state index is -0.311. The van der Waals surface area contributed by atoms with E-state index in [1.807, 2.05) is 30.3 Å². The quantitative estimate of drug-likeness (QED) is 0.638. The molecule has 3 rings (SSSR count). The molecule has 6 heteroatoms. The van der Waals surface area contributed by atoms with Crippen molar-refractivity contribution < 1.29 is 19.1 Å². The highest BCUT2D eigenvalue weighted by Crippen LogP contribution is 2.24. The second kappa shape index (κ2) is 9.23. The number of nitrogens with one attached hydrogen (secondary N) is 2. The van der Waals surface area contributed by atoms with E-state index in [9.17, 15) is 9.59 Å². The van der Waals surface area contributed by atoms with Crippen LogP contribution in [0.25, 0.3) is 0 Å². The molecule has 0 saturated heterocycles. The normalized spacial score (nSPS) is 10.0. The zero-order valence-electron chi connectivity index (χ0n) is 15.3. The third kappa shape index (κ3) is 5.60. The standard InChI is InChI=1S/C22H20N2O4/c1-16(25)23-20-9-5-6-10-21(20)27-15-22(26)24-17-11-13-19(14-12-17)28-18-7-3-2-4-8-18/h2-14H,15H2,1H3,(H,23,25)(H,24,26). The Morgan fingerprint density at radius 2 is 1.43 bits per heavy atom. The van der Waals surface area contributed by atoms with E-state index in [1.54, 1.807) is 48.5 Å². The third-order valence-corrected chi connectivity index (χ3v) is 3.67. The van der Waals surface area contributed by atoms with E-state index in [-0.39, 0.29) is 18.4 Å². The highest BCUT2D eigenvalue weighted by Gasteiger charge is 2.08. The molecule has 0 radical (unpaired) electrons. The molecule has 3 aromatic carbocycles. The molecule has 2 amide bonds. The van der Waals surface area contributed by atoms with E-state index in [1.165, 1.54) is 6.92 Å². The van der Waals surface area contributed by atoms with Crippen LogP contribution in [0, 0.1) is 0 Å². The molecule has 0 fully saturated rings. The van der Waals surface area contributed by atoms with Crippen LogP contribution >= 0.6 is 0 Å². The predicted octanol–water partition coefficient (Wildman–Crippen LogP) is 4.45. The van der Waals surface area contributed by atoms with Crippen LogP contribution in [-0.2, 0) is 9.59 Å². The van der Waals surface area contributed by atoms with Crippen molar-refractivity contribution in [2.24, 2.45) is 0 Å². The van der Waals surface area contributed by atoms with Crippen molar-refractivity contribution in [1.82, 2.24) is 0 Å². The number of para-hydroxylation sites is 3. The Bertz CT molecular complexity index is 940. The number of hydrogen-bond donors (Lipinski definition) is 2. The maximum absolute atomic E-state index is 12.1. The van der Waals surface area contributed by atoms with E-state index >= 15 is 0 Å². The highest BCUT2D eigenvalue weighted by molar-refractivity contribution is 5.92. The lowest BCUT2D eigenvalue weighted by atomic mass is 10.3. The number of hydrogen-bond acceptors (Lipinski definition) is 4. The van der Waals surface area contributed by atoms with Gasteiger partial charge in [-0.2, -0.15) is 0 Å². The van der Waals surface area contributed by atoms with Crippen molar-refractivity contribution in [1.29, 1.82) is 0 Å². The lowest BCUT2D eigenvalue weighted by Gasteiger charge is -2.12. The molecule has 0 unspecified atom stereocenters. The van der Waals surface area contributed by atoms with Crippen LogP contribution in [0.1, 0.15) is 6.92 Å². The Morgan fingerprint density at radius 3 is 2.14 bits per heavy atom. The topological polar surface area (TPSA) is 76.7 Å². The monoisotopic (exact) mass is 376 g/mol. The van der Waals surface area contributed by atoms with E-state index in [0.717, 1.165) is 5.75 Å². The van der Waals surface area contributed by atoms with Gasteiger partial charge in [0.2, 0.25) is 5.91 Å². The Kier molecular flexibility index (Phi) is 6.25. The SMILES string of the molecule is CC(=O)Nc1ccccc1OCC(=O)Nc1ccc(Oc2ccccc2)cc1. The number of amides is 2. The zero-order chi connectivity index (χ0) is 19.8. The minimum Gasteiger partial charge on any atom is -0.482 e. The Morgan fingerprint density at radius 1 is 0.786 bits per heavy atom. The summed E-state index contributed by atoms with van der Waals surface area (Å²) < 4.78 is 11.2. The average Bonchev–Trinajstić information content (AvgIpc) is 2.69. The van der Waals surface area contributed by atoms with Gasteiger partial charge < -0.3 is 20.1 Å². The molecule has 0 heterocycles. The fourth-order valence-corrected chi connectivity index (χ4v) is 2.46. The third-order valence-electron chi connectivity index (χ3n) is 3.67. The van der Waals surface area contributed by atoms with Crippen molar-refractivity contribution >= 4 is 23.2 Å². The number of anilines is 2. The lowest BCUT2D eigenvalue weighted by molar-refractivity contribution is -0.118. The average molecular weight is 376 g/mol. The fourth-order valence-electron chi connectivity index (χ4n) is 2.46. The second-order valence-corrected chi connectivity index (χ2v) is 5.95. The van der Waals surface area contributed by atoms with Gasteiger partial charge in [0, 0.05) is 12.6 Å². The van der Waals surface area contributed by atoms with E-state index in [4.69, 9.17) is 9.47 Å². The van der Waals surface area contributed by atoms with Crippen LogP contribution in [-0.4, -0.2) is 18.4 Å². The molecule has 2 N–H and O–H groups in total. The van der Waals surface area contributed by atoms with Gasteiger partial charge in [0.25, 0.3) is 5.91 Å². The number of carbonyl (C=O) groups is 2. The van der Waals surface area contributed by atoms with Crippen LogP contribution < -0.4 is 20.1 Å². The smallest absolute Gasteiger partial charge is 0.262 e. The zero-order valence-corrected chi connectivity index (χ0v) is 15.3. The maximum Gasteiger partial charge on any atom is 0.262 e. The molecule has 0 atom stereocenters. The van der Waals surface area contributed by atoms with Crippen molar-refractivity contribution in [3.63, 3.8) is 0 Å². The number of benzene rings is 3. The van der Waals surface area contributed by atoms with E-state index < -0.39 is 0 Å². The fraction of sp³-hybridized carbons (Fsp3) is 0.0909. The van der Waals surface area contributed by atoms with Crippen molar-refractivity contribution in [2.45, 2.75) is 6.92 Å². The van der Waals surface area contributed by atoms with Gasteiger partial charge in [-0.25, -0.2) is 0 Å². The van der Waals surface area contributed by atoms with Crippen LogP contribution in [0.2, 0.25) is 0 Å². The minimum absolute atomic E-state index is 0.182. The summed E-state index contributed by atoms with van der Waals surface area (Å²) in [4.78, 5) is 23.4. The van der Waals surface area contributed by atoms with Gasteiger partial charge in [0.1, 0.15) is 17.2 Å². The summed E-state index contributed by atoms with van der Waals surface area (Å²) in [5.41, 5.74) is 1.15. The van der Waals surface area contributed by atoms with Crippen molar-refractivity contribution in [3.05, 3.63) is 78.9 Å². The summed E-state index contributed by atoms with van der Waals surface area (Å²) in [6.45, 7) is 1.23. The first-order valence-corrected chi connectivity index (χ1v) is 8.72. The van der Waals surface area contributed by atoms with Crippen LogP contribution in [0.4, 0.5) is 11.4 Å². The first-order chi connectivity index (χ1) is 13.6. The maximum atomic E-state index is 12.1. The van der Waals surface area contributed by atoms with Crippen LogP contribution in [0.15, 0.2) is 78.9 Å². The summed E-state index contributed by atoms with van der Waals surface area (Å²) in [7, 11) is 0. The molecule has 0 aliphatic carbocycles. The summed E-state index contributed by atoms with van der Waals surface area (Å²) in [5, 5.41) is 5.42. The molecule has 0 aliphatic rings. The largest absolute Gasteiger partial charge is 0.482 e. The van der Waals surface area contributed by atoms with Crippen molar-refractivity contribution in [3.8, 4) is 17.2 Å². The molecule has 142 valence electrons. The second-order valence-electron chi connectivity index (χ2n) is 5.95. The summed E-state index contributed by atoms with van der Waals surface area (Å²) in [6, 6.07) is 23.4. The van der Waals surface area contributed by atoms with E-state index in [0.29, 0.717) is 22.9 Å². The van der Waals surface area contributed by atoms with E-state index in [2.05, 4.69) is 10.6 Å². The number of carbonyl (C=O) groups excluding carboxylic acids is 2. The Hall–Kier alpha value is -3.80. The van der Waals surface area contributed by atoms with Gasteiger partial charge in [0.15, 0.2) is 6.61 Å². The number of rotatable bonds is 7. The molecule has 0 aliphatic heterocycles. The summed E-state index contributed by atoms with van der Waals surface area (Å²) in [6.07, 6.45) is 0. The van der Waals surface area contributed by atoms with Gasteiger partial charge >= 0.3 is 0 Å². The first-order valence-electron chi connectivity index (χ1n) is 8.72. The Balaban J connectivity index is 1.53. The first kappa shape index (κ1) is 19.0. The molecule has 3 aromatic rings. The van der Waals surface area contributed by atoms with Gasteiger partial charge in [0.05, 0.1) is 5.69 Å². The van der Waals surface area contributed by atoms with Crippen LogP contribution in [0.3, 0.4) is 0 Å². The highest BCUT2D eigenvalue weighted by atomic mass is 16.5. The number of ether oxygens (including phenoxy) is 2. The van der Waals surface area contributed by atoms with Crippen LogP contribution in [0.5, 0.6) is 17.2 Å². The molecular weight excluding hydrogens is 356 g/mol. The molecular formula is C22H20N2O4. The molecule has 28 heavy (non-hydrogen) atoms. The summed E-state index contributed by atoms with van der Waals surface area (Å²) >= 11 is 0. The molecule has 0 spiro atoms. The molecule has 0 bridgehead atoms.